The second kappa shape index (κ2) is 7.76. The first-order valence-electron chi connectivity index (χ1n) is 10.2. The Morgan fingerprint density at radius 2 is 1.67 bits per heavy atom. The number of quaternary nitrogens is 1. The summed E-state index contributed by atoms with van der Waals surface area (Å²) in [6.07, 6.45) is -0.335. The Morgan fingerprint density at radius 1 is 1.07 bits per heavy atom. The van der Waals surface area contributed by atoms with E-state index in [4.69, 9.17) is 4.74 Å². The lowest BCUT2D eigenvalue weighted by Crippen LogP contribution is -2.73. The van der Waals surface area contributed by atoms with Crippen LogP contribution in [0.5, 0.6) is 5.75 Å². The van der Waals surface area contributed by atoms with E-state index in [1.165, 1.54) is 0 Å². The number of rotatable bonds is 5. The Labute approximate surface area is 177 Å². The standard InChI is InChI=1S/C24H29NO5/c1-23(2,3)25(22(28)29)20(14-15-24(25,4)21(26)27)18-10-12-19(13-11-18)30-16-17-8-6-5-7-9-17/h5-13,20H,14-16H2,1-4H3,(H-,26,27,28,29)/p+1/t20-,24+,25?/m1/s1. The smallest absolute Gasteiger partial charge is 0.489 e. The van der Waals surface area contributed by atoms with Gasteiger partial charge in [0.25, 0.3) is 0 Å². The quantitative estimate of drug-likeness (QED) is 0.657. The molecule has 0 aromatic heterocycles. The van der Waals surface area contributed by atoms with E-state index in [0.717, 1.165) is 11.1 Å². The van der Waals surface area contributed by atoms with Gasteiger partial charge in [-0.15, -0.1) is 0 Å². The van der Waals surface area contributed by atoms with Crippen molar-refractivity contribution in [2.45, 2.75) is 64.3 Å². The van der Waals surface area contributed by atoms with E-state index in [-0.39, 0.29) is 0 Å². The summed E-state index contributed by atoms with van der Waals surface area (Å²) < 4.78 is 5.30. The highest BCUT2D eigenvalue weighted by Crippen LogP contribution is 2.55. The second-order valence-electron chi connectivity index (χ2n) is 9.15. The number of hydrogen-bond acceptors (Lipinski definition) is 3. The molecule has 0 radical (unpaired) electrons. The monoisotopic (exact) mass is 412 g/mol. The molecule has 3 atom stereocenters. The Balaban J connectivity index is 1.93. The fourth-order valence-electron chi connectivity index (χ4n) is 5.15. The number of carboxylic acid groups (broad SMARTS) is 2. The zero-order valence-corrected chi connectivity index (χ0v) is 18.0. The van der Waals surface area contributed by atoms with Crippen molar-refractivity contribution in [1.29, 1.82) is 0 Å². The van der Waals surface area contributed by atoms with Gasteiger partial charge in [-0.3, -0.25) is 0 Å². The minimum absolute atomic E-state index is 0.294. The average Bonchev–Trinajstić information content (AvgIpc) is 3.03. The van der Waals surface area contributed by atoms with Crippen LogP contribution in [0.2, 0.25) is 0 Å². The summed E-state index contributed by atoms with van der Waals surface area (Å²) in [5.41, 5.74) is -0.368. The molecule has 2 aromatic carbocycles. The Bertz CT molecular complexity index is 919. The van der Waals surface area contributed by atoms with Gasteiger partial charge in [0.1, 0.15) is 23.9 Å². The molecule has 1 heterocycles. The van der Waals surface area contributed by atoms with Crippen LogP contribution in [-0.2, 0) is 11.4 Å². The van der Waals surface area contributed by atoms with Crippen molar-refractivity contribution < 1.29 is 29.0 Å². The van der Waals surface area contributed by atoms with Crippen LogP contribution < -0.4 is 4.74 Å². The molecular formula is C24H30NO5+. The highest BCUT2D eigenvalue weighted by molar-refractivity contribution is 5.80. The van der Waals surface area contributed by atoms with Crippen molar-refractivity contribution >= 4 is 12.1 Å². The molecule has 1 saturated heterocycles. The average molecular weight is 413 g/mol. The Kier molecular flexibility index (Phi) is 5.65. The third-order valence-corrected chi connectivity index (χ3v) is 6.48. The highest BCUT2D eigenvalue weighted by atomic mass is 16.5. The first-order valence-corrected chi connectivity index (χ1v) is 10.2. The van der Waals surface area contributed by atoms with Crippen molar-refractivity contribution in [1.82, 2.24) is 0 Å². The maximum Gasteiger partial charge on any atom is 0.515 e. The van der Waals surface area contributed by atoms with Crippen LogP contribution in [0.3, 0.4) is 0 Å². The molecular weight excluding hydrogens is 382 g/mol. The van der Waals surface area contributed by atoms with Crippen LogP contribution in [0.15, 0.2) is 54.6 Å². The molecule has 0 spiro atoms. The van der Waals surface area contributed by atoms with E-state index in [1.54, 1.807) is 27.7 Å². The van der Waals surface area contributed by atoms with Gasteiger partial charge in [0.2, 0.25) is 5.54 Å². The molecule has 3 rings (SSSR count). The van der Waals surface area contributed by atoms with E-state index >= 15 is 0 Å². The number of carbonyl (C=O) groups is 2. The van der Waals surface area contributed by atoms with Crippen LogP contribution in [0.25, 0.3) is 0 Å². The number of ether oxygens (including phenoxy) is 1. The lowest BCUT2D eigenvalue weighted by atomic mass is 9.88. The third-order valence-electron chi connectivity index (χ3n) is 6.48. The van der Waals surface area contributed by atoms with Gasteiger partial charge >= 0.3 is 12.1 Å². The SMILES string of the molecule is CC(C)(C)[N+]1(C(=O)O)[C@@H](c2ccc(OCc3ccccc3)cc2)CC[C@@]1(C)C(=O)O. The largest absolute Gasteiger partial charge is 0.515 e. The van der Waals surface area contributed by atoms with Crippen LogP contribution in [-0.4, -0.2) is 37.8 Å². The molecule has 6 nitrogen and oxygen atoms in total. The van der Waals surface area contributed by atoms with Gasteiger partial charge in [0, 0.05) is 25.3 Å². The number of aliphatic carboxylic acids is 1. The van der Waals surface area contributed by atoms with Crippen LogP contribution >= 0.6 is 0 Å². The van der Waals surface area contributed by atoms with E-state index in [0.29, 0.717) is 25.2 Å². The predicted molar refractivity (Wildman–Crippen MR) is 113 cm³/mol. The lowest BCUT2D eigenvalue weighted by molar-refractivity contribution is -0.954. The van der Waals surface area contributed by atoms with Gasteiger partial charge in [-0.1, -0.05) is 30.3 Å². The molecule has 1 fully saturated rings. The van der Waals surface area contributed by atoms with E-state index in [1.807, 2.05) is 54.6 Å². The van der Waals surface area contributed by atoms with Crippen molar-refractivity contribution in [2.24, 2.45) is 0 Å². The normalized spacial score (nSPS) is 26.3. The predicted octanol–water partition coefficient (Wildman–Crippen LogP) is 5.24. The summed E-state index contributed by atoms with van der Waals surface area (Å²) in [6, 6.07) is 16.7. The van der Waals surface area contributed by atoms with Gasteiger partial charge in [-0.25, -0.2) is 4.79 Å². The first kappa shape index (κ1) is 21.8. The lowest BCUT2D eigenvalue weighted by Gasteiger charge is -2.51. The fourth-order valence-corrected chi connectivity index (χ4v) is 5.15. The van der Waals surface area contributed by atoms with Crippen molar-refractivity contribution in [3.05, 3.63) is 65.7 Å². The fraction of sp³-hybridized carbons (Fsp3) is 0.417. The third kappa shape index (κ3) is 3.35. The molecule has 0 aliphatic carbocycles. The van der Waals surface area contributed by atoms with Gasteiger partial charge in [-0.2, -0.15) is 9.28 Å². The van der Waals surface area contributed by atoms with Crippen LogP contribution in [0.1, 0.15) is 57.7 Å². The maximum atomic E-state index is 12.7. The van der Waals surface area contributed by atoms with E-state index < -0.39 is 33.7 Å². The number of benzene rings is 2. The van der Waals surface area contributed by atoms with E-state index in [9.17, 15) is 19.8 Å². The molecule has 1 aliphatic heterocycles. The summed E-state index contributed by atoms with van der Waals surface area (Å²) in [4.78, 5) is 24.9. The van der Waals surface area contributed by atoms with Crippen molar-refractivity contribution in [2.75, 3.05) is 0 Å². The van der Waals surface area contributed by atoms with Crippen molar-refractivity contribution in [3.8, 4) is 5.75 Å². The summed E-state index contributed by atoms with van der Waals surface area (Å²) in [6.45, 7) is 7.41. The molecule has 0 saturated carbocycles. The van der Waals surface area contributed by atoms with Gasteiger partial charge in [-0.05, 0) is 50.6 Å². The molecule has 30 heavy (non-hydrogen) atoms. The minimum atomic E-state index is -1.42. The highest BCUT2D eigenvalue weighted by Gasteiger charge is 2.71. The van der Waals surface area contributed by atoms with Crippen LogP contribution in [0.4, 0.5) is 4.79 Å². The molecule has 160 valence electrons. The zero-order valence-electron chi connectivity index (χ0n) is 18.0. The summed E-state index contributed by atoms with van der Waals surface area (Å²) in [7, 11) is 0. The van der Waals surface area contributed by atoms with Crippen molar-refractivity contribution in [3.63, 3.8) is 0 Å². The molecule has 1 unspecified atom stereocenters. The number of carboxylic acids is 1. The summed E-state index contributed by atoms with van der Waals surface area (Å²) >= 11 is 0. The molecule has 1 aliphatic rings. The number of nitrogens with zero attached hydrogens (tertiary/aromatic N) is 1. The topological polar surface area (TPSA) is 83.8 Å². The van der Waals surface area contributed by atoms with Gasteiger partial charge in [0.15, 0.2) is 0 Å². The number of likely N-dealkylation sites (tertiary alicyclic amines) is 1. The first-order chi connectivity index (χ1) is 14.0. The van der Waals surface area contributed by atoms with Gasteiger partial charge in [0.05, 0.1) is 0 Å². The van der Waals surface area contributed by atoms with Gasteiger partial charge < -0.3 is 14.9 Å². The number of hydrogen-bond donors (Lipinski definition) is 2. The molecule has 2 aromatic rings. The maximum absolute atomic E-state index is 12.7. The second-order valence-corrected chi connectivity index (χ2v) is 9.15. The molecule has 1 amide bonds. The van der Waals surface area contributed by atoms with Crippen LogP contribution in [0, 0.1) is 0 Å². The molecule has 0 bridgehead atoms. The molecule has 2 N–H and O–H groups in total. The molecule has 6 heteroatoms. The Morgan fingerprint density at radius 3 is 2.17 bits per heavy atom. The minimum Gasteiger partial charge on any atom is -0.489 e. The number of amides is 1. The Hall–Kier alpha value is -2.86. The zero-order chi connectivity index (χ0) is 22.2. The van der Waals surface area contributed by atoms with E-state index in [2.05, 4.69) is 0 Å². The summed E-state index contributed by atoms with van der Waals surface area (Å²) in [5, 5.41) is 20.4. The summed E-state index contributed by atoms with van der Waals surface area (Å²) in [5.74, 6) is -0.393.